The minimum atomic E-state index is -4.70. The van der Waals surface area contributed by atoms with Gasteiger partial charge in [-0.05, 0) is 56.5 Å². The quantitative estimate of drug-likeness (QED) is 0.150. The van der Waals surface area contributed by atoms with Gasteiger partial charge < -0.3 is 16.8 Å². The van der Waals surface area contributed by atoms with Crippen LogP contribution in [0.15, 0.2) is 64.5 Å². The number of amides is 2. The number of unbranched alkanes of at least 4 members (excludes halogenated alkanes) is 1. The molecule has 6 N–H and O–H groups in total. The minimum absolute atomic E-state index is 0.0852. The number of nitrogens with zero attached hydrogens (tertiary/aromatic N) is 3. The van der Waals surface area contributed by atoms with E-state index in [1.54, 1.807) is 24.3 Å². The number of nitrogens with one attached hydrogen (secondary N) is 2. The number of aliphatic imine (C=N–C) groups is 1. The number of halogens is 3. The van der Waals surface area contributed by atoms with Crippen LogP contribution in [-0.2, 0) is 25.8 Å². The molecule has 1 unspecified atom stereocenters. The van der Waals surface area contributed by atoms with Crippen LogP contribution in [0.4, 0.5) is 13.2 Å². The molecule has 0 bridgehead atoms. The second-order valence-electron chi connectivity index (χ2n) is 9.21. The zero-order valence-corrected chi connectivity index (χ0v) is 23.1. The number of guanidine groups is 1. The zero-order chi connectivity index (χ0) is 30.4. The van der Waals surface area contributed by atoms with Crippen LogP contribution < -0.4 is 21.5 Å². The van der Waals surface area contributed by atoms with E-state index >= 15 is 0 Å². The Labute approximate surface area is 234 Å². The van der Waals surface area contributed by atoms with E-state index in [4.69, 9.17) is 11.5 Å². The van der Waals surface area contributed by atoms with Crippen molar-refractivity contribution < 1.29 is 31.2 Å². The van der Waals surface area contributed by atoms with Gasteiger partial charge in [0.25, 0.3) is 15.9 Å². The van der Waals surface area contributed by atoms with Crippen molar-refractivity contribution in [2.45, 2.75) is 50.2 Å². The summed E-state index contributed by atoms with van der Waals surface area (Å²) in [6.07, 6.45) is -3.67. The van der Waals surface area contributed by atoms with E-state index in [1.165, 1.54) is 19.1 Å². The molecular weight excluding hydrogens is 563 g/mol. The maximum Gasteiger partial charge on any atom is 0.435 e. The van der Waals surface area contributed by atoms with E-state index in [-0.39, 0.29) is 28.7 Å². The van der Waals surface area contributed by atoms with Crippen molar-refractivity contribution >= 4 is 27.8 Å². The predicted octanol–water partition coefficient (Wildman–Crippen LogP) is 2.62. The molecule has 11 nitrogen and oxygen atoms in total. The van der Waals surface area contributed by atoms with Gasteiger partial charge in [0.2, 0.25) is 5.91 Å². The second kappa shape index (κ2) is 12.8. The normalized spacial score (nSPS) is 12.4. The molecule has 0 saturated carbocycles. The standard InChI is InChI=1S/C26H30F3N7O4S/c1-16-6-8-18(9-7-16)22-15-23(26(27,28)29)34-36(22)19-10-12-20(13-11-19)41(39,40)35-24(38)21(33-17(2)37)5-3-4-14-32-25(30)31/h6-13,15,21H,3-5,14H2,1-2H3,(H,33,37)(H,35,38)(H4,30,31,32). The fourth-order valence-corrected chi connectivity index (χ4v) is 4.88. The summed E-state index contributed by atoms with van der Waals surface area (Å²) >= 11 is 0. The summed E-state index contributed by atoms with van der Waals surface area (Å²) < 4.78 is 69.3. The maximum atomic E-state index is 13.5. The number of hydrogen-bond donors (Lipinski definition) is 4. The van der Waals surface area contributed by atoms with Gasteiger partial charge >= 0.3 is 6.18 Å². The molecule has 0 fully saturated rings. The molecule has 1 aromatic heterocycles. The second-order valence-corrected chi connectivity index (χ2v) is 10.9. The Morgan fingerprint density at radius 1 is 1.05 bits per heavy atom. The first-order valence-electron chi connectivity index (χ1n) is 12.4. The molecule has 3 aromatic rings. The lowest BCUT2D eigenvalue weighted by atomic mass is 10.1. The minimum Gasteiger partial charge on any atom is -0.370 e. The molecule has 0 aliphatic rings. The molecule has 0 radical (unpaired) electrons. The number of benzene rings is 2. The Morgan fingerprint density at radius 3 is 2.24 bits per heavy atom. The maximum absolute atomic E-state index is 13.5. The average molecular weight is 594 g/mol. The largest absolute Gasteiger partial charge is 0.435 e. The van der Waals surface area contributed by atoms with Crippen LogP contribution in [0.2, 0.25) is 0 Å². The monoisotopic (exact) mass is 593 g/mol. The van der Waals surface area contributed by atoms with E-state index in [0.29, 0.717) is 24.9 Å². The molecule has 220 valence electrons. The average Bonchev–Trinajstić information content (AvgIpc) is 3.34. The lowest BCUT2D eigenvalue weighted by molar-refractivity contribution is -0.141. The third-order valence-electron chi connectivity index (χ3n) is 5.86. The van der Waals surface area contributed by atoms with Crippen molar-refractivity contribution in [2.75, 3.05) is 6.54 Å². The van der Waals surface area contributed by atoms with E-state index in [0.717, 1.165) is 28.4 Å². The van der Waals surface area contributed by atoms with Gasteiger partial charge in [-0.25, -0.2) is 17.8 Å². The molecule has 0 aliphatic carbocycles. The number of hydrogen-bond acceptors (Lipinski definition) is 6. The Balaban J connectivity index is 1.82. The summed E-state index contributed by atoms with van der Waals surface area (Å²) in [7, 11) is -4.39. The molecule has 1 heterocycles. The Bertz CT molecular complexity index is 1510. The Hall–Kier alpha value is -4.40. The summed E-state index contributed by atoms with van der Waals surface area (Å²) in [4.78, 5) is 27.8. The van der Waals surface area contributed by atoms with E-state index in [9.17, 15) is 31.2 Å². The summed E-state index contributed by atoms with van der Waals surface area (Å²) in [6, 6.07) is 11.4. The number of sulfonamides is 1. The third kappa shape index (κ3) is 8.54. The van der Waals surface area contributed by atoms with Crippen LogP contribution in [0, 0.1) is 6.92 Å². The van der Waals surface area contributed by atoms with E-state index < -0.39 is 39.7 Å². The van der Waals surface area contributed by atoms with Crippen molar-refractivity contribution in [3.05, 3.63) is 65.9 Å². The van der Waals surface area contributed by atoms with Gasteiger partial charge in [0.15, 0.2) is 11.7 Å². The lowest BCUT2D eigenvalue weighted by Crippen LogP contribution is -2.47. The number of carbonyl (C=O) groups is 2. The first-order valence-corrected chi connectivity index (χ1v) is 13.9. The van der Waals surface area contributed by atoms with Gasteiger partial charge in [-0.15, -0.1) is 0 Å². The fourth-order valence-electron chi connectivity index (χ4n) is 3.86. The molecule has 0 saturated heterocycles. The van der Waals surface area contributed by atoms with Crippen molar-refractivity contribution in [1.29, 1.82) is 0 Å². The van der Waals surface area contributed by atoms with Crippen molar-refractivity contribution in [1.82, 2.24) is 19.8 Å². The number of alkyl halides is 3. The first kappa shape index (κ1) is 31.1. The van der Waals surface area contributed by atoms with Gasteiger partial charge in [-0.2, -0.15) is 18.3 Å². The highest BCUT2D eigenvalue weighted by Crippen LogP contribution is 2.33. The van der Waals surface area contributed by atoms with Crippen molar-refractivity contribution in [3.63, 3.8) is 0 Å². The highest BCUT2D eigenvalue weighted by molar-refractivity contribution is 7.90. The molecule has 2 aromatic carbocycles. The number of aryl methyl sites for hydroxylation is 1. The van der Waals surface area contributed by atoms with Crippen LogP contribution in [0.1, 0.15) is 37.4 Å². The Morgan fingerprint density at radius 2 is 1.68 bits per heavy atom. The van der Waals surface area contributed by atoms with Gasteiger partial charge in [0.1, 0.15) is 6.04 Å². The number of rotatable bonds is 11. The van der Waals surface area contributed by atoms with Crippen LogP contribution in [0.5, 0.6) is 0 Å². The SMILES string of the molecule is CC(=O)NC(CCCCN=C(N)N)C(=O)NS(=O)(=O)c1ccc(-n2nc(C(F)(F)F)cc2-c2ccc(C)cc2)cc1. The Kier molecular flexibility index (Phi) is 9.75. The number of nitrogens with two attached hydrogens (primary N) is 2. The fraction of sp³-hybridized carbons (Fsp3) is 0.308. The predicted molar refractivity (Wildman–Crippen MR) is 146 cm³/mol. The molecule has 2 amide bonds. The summed E-state index contributed by atoms with van der Waals surface area (Å²) in [5.41, 5.74) is 11.1. The van der Waals surface area contributed by atoms with E-state index in [1.807, 2.05) is 11.6 Å². The van der Waals surface area contributed by atoms with Crippen LogP contribution in [0.3, 0.4) is 0 Å². The molecule has 41 heavy (non-hydrogen) atoms. The molecular formula is C26H30F3N7O4S. The van der Waals surface area contributed by atoms with Gasteiger partial charge in [-0.3, -0.25) is 14.6 Å². The molecule has 1 atom stereocenters. The molecule has 0 spiro atoms. The summed E-state index contributed by atoms with van der Waals surface area (Å²) in [5.74, 6) is -1.56. The first-order chi connectivity index (χ1) is 19.2. The molecule has 0 aliphatic heterocycles. The zero-order valence-electron chi connectivity index (χ0n) is 22.3. The van der Waals surface area contributed by atoms with Crippen LogP contribution in [-0.4, -0.2) is 48.6 Å². The molecule has 3 rings (SSSR count). The van der Waals surface area contributed by atoms with Gasteiger partial charge in [0.05, 0.1) is 16.3 Å². The highest BCUT2D eigenvalue weighted by atomic mass is 32.2. The lowest BCUT2D eigenvalue weighted by Gasteiger charge is -2.17. The van der Waals surface area contributed by atoms with Crippen LogP contribution in [0.25, 0.3) is 16.9 Å². The topological polar surface area (TPSA) is 175 Å². The summed E-state index contributed by atoms with van der Waals surface area (Å²) in [6.45, 7) is 3.33. The number of carbonyl (C=O) groups excluding carboxylic acids is 2. The smallest absolute Gasteiger partial charge is 0.370 e. The van der Waals surface area contributed by atoms with Crippen LogP contribution >= 0.6 is 0 Å². The van der Waals surface area contributed by atoms with Crippen molar-refractivity contribution in [3.8, 4) is 16.9 Å². The number of aromatic nitrogens is 2. The summed E-state index contributed by atoms with van der Waals surface area (Å²) in [5, 5.41) is 6.12. The van der Waals surface area contributed by atoms with E-state index in [2.05, 4.69) is 15.4 Å². The highest BCUT2D eigenvalue weighted by Gasteiger charge is 2.35. The van der Waals surface area contributed by atoms with Gasteiger partial charge in [0, 0.05) is 19.0 Å². The van der Waals surface area contributed by atoms with Crippen molar-refractivity contribution in [2.24, 2.45) is 16.5 Å². The third-order valence-corrected chi connectivity index (χ3v) is 7.23. The van der Waals surface area contributed by atoms with Gasteiger partial charge in [-0.1, -0.05) is 29.8 Å². The molecule has 15 heteroatoms.